The van der Waals surface area contributed by atoms with Crippen LogP contribution in [0.2, 0.25) is 10.0 Å². The minimum atomic E-state index is -0.353. The Bertz CT molecular complexity index is 402. The van der Waals surface area contributed by atoms with Crippen molar-refractivity contribution in [1.82, 2.24) is 0 Å². The third kappa shape index (κ3) is 3.11. The number of halogens is 2. The standard InChI is InChI=1S/C13H16Cl2OS/c1-13(5-2-6-17-13)12(16)7-9-3-4-10(14)8-11(9)15/h3-4,8,12,16H,2,5-7H2,1H3. The van der Waals surface area contributed by atoms with Gasteiger partial charge in [0.1, 0.15) is 0 Å². The number of aliphatic hydroxyl groups is 1. The molecule has 0 amide bonds. The van der Waals surface area contributed by atoms with Crippen molar-refractivity contribution < 1.29 is 5.11 Å². The highest BCUT2D eigenvalue weighted by atomic mass is 35.5. The van der Waals surface area contributed by atoms with Crippen LogP contribution in [0, 0.1) is 0 Å². The van der Waals surface area contributed by atoms with Crippen LogP contribution in [0.4, 0.5) is 0 Å². The highest BCUT2D eigenvalue weighted by Gasteiger charge is 2.36. The molecule has 0 spiro atoms. The molecule has 1 N–H and O–H groups in total. The van der Waals surface area contributed by atoms with E-state index in [2.05, 4.69) is 6.92 Å². The van der Waals surface area contributed by atoms with E-state index in [4.69, 9.17) is 23.2 Å². The summed E-state index contributed by atoms with van der Waals surface area (Å²) >= 11 is 13.8. The zero-order valence-corrected chi connectivity index (χ0v) is 12.1. The highest BCUT2D eigenvalue weighted by Crippen LogP contribution is 2.41. The number of hydrogen-bond acceptors (Lipinski definition) is 2. The first-order chi connectivity index (χ1) is 8.01. The smallest absolute Gasteiger partial charge is 0.0724 e. The highest BCUT2D eigenvalue weighted by molar-refractivity contribution is 8.00. The second-order valence-corrected chi connectivity index (χ2v) is 7.19. The molecule has 1 aromatic rings. The first-order valence-corrected chi connectivity index (χ1v) is 7.51. The van der Waals surface area contributed by atoms with Gasteiger partial charge in [0, 0.05) is 21.2 Å². The molecule has 1 nitrogen and oxygen atoms in total. The van der Waals surface area contributed by atoms with Crippen LogP contribution in [-0.2, 0) is 6.42 Å². The van der Waals surface area contributed by atoms with Gasteiger partial charge in [-0.25, -0.2) is 0 Å². The molecule has 2 rings (SSSR count). The van der Waals surface area contributed by atoms with Gasteiger partial charge in [-0.05, 0) is 43.2 Å². The molecule has 2 atom stereocenters. The van der Waals surface area contributed by atoms with Crippen molar-refractivity contribution in [3.05, 3.63) is 33.8 Å². The monoisotopic (exact) mass is 290 g/mol. The van der Waals surface area contributed by atoms with Crippen molar-refractivity contribution in [2.24, 2.45) is 0 Å². The van der Waals surface area contributed by atoms with Crippen LogP contribution in [0.25, 0.3) is 0 Å². The van der Waals surface area contributed by atoms with Crippen molar-refractivity contribution in [2.45, 2.75) is 37.0 Å². The maximum absolute atomic E-state index is 10.3. The molecule has 0 aromatic heterocycles. The minimum Gasteiger partial charge on any atom is -0.391 e. The average molecular weight is 291 g/mol. The topological polar surface area (TPSA) is 20.2 Å². The van der Waals surface area contributed by atoms with E-state index in [0.29, 0.717) is 16.5 Å². The van der Waals surface area contributed by atoms with Gasteiger partial charge in [0.15, 0.2) is 0 Å². The first kappa shape index (κ1) is 13.5. The number of aliphatic hydroxyl groups excluding tert-OH is 1. The first-order valence-electron chi connectivity index (χ1n) is 5.77. The molecule has 17 heavy (non-hydrogen) atoms. The Hall–Kier alpha value is 0.110. The molecule has 1 aliphatic rings. The average Bonchev–Trinajstić information content (AvgIpc) is 2.71. The van der Waals surface area contributed by atoms with Gasteiger partial charge in [-0.2, -0.15) is 11.8 Å². The predicted molar refractivity (Wildman–Crippen MR) is 76.3 cm³/mol. The molecule has 1 aliphatic heterocycles. The molecule has 0 bridgehead atoms. The summed E-state index contributed by atoms with van der Waals surface area (Å²) in [5.74, 6) is 1.14. The summed E-state index contributed by atoms with van der Waals surface area (Å²) in [4.78, 5) is 0. The molecule has 4 heteroatoms. The van der Waals surface area contributed by atoms with Gasteiger partial charge >= 0.3 is 0 Å². The van der Waals surface area contributed by atoms with Crippen LogP contribution in [0.1, 0.15) is 25.3 Å². The Kier molecular flexibility index (Phi) is 4.30. The van der Waals surface area contributed by atoms with E-state index in [1.165, 1.54) is 6.42 Å². The van der Waals surface area contributed by atoms with Crippen LogP contribution in [0.3, 0.4) is 0 Å². The van der Waals surface area contributed by atoms with Gasteiger partial charge < -0.3 is 5.11 Å². The van der Waals surface area contributed by atoms with Crippen LogP contribution in [0.15, 0.2) is 18.2 Å². The van der Waals surface area contributed by atoms with E-state index in [1.807, 2.05) is 23.9 Å². The van der Waals surface area contributed by atoms with Gasteiger partial charge in [0.05, 0.1) is 6.10 Å². The van der Waals surface area contributed by atoms with Gasteiger partial charge in [-0.1, -0.05) is 29.3 Å². The zero-order valence-electron chi connectivity index (χ0n) is 9.75. The third-order valence-electron chi connectivity index (χ3n) is 3.38. The second kappa shape index (κ2) is 5.40. The zero-order chi connectivity index (χ0) is 12.5. The summed E-state index contributed by atoms with van der Waals surface area (Å²) < 4.78 is -0.0248. The van der Waals surface area contributed by atoms with Crippen molar-refractivity contribution in [1.29, 1.82) is 0 Å². The fourth-order valence-electron chi connectivity index (χ4n) is 2.17. The van der Waals surface area contributed by atoms with E-state index < -0.39 is 0 Å². The van der Waals surface area contributed by atoms with E-state index in [-0.39, 0.29) is 10.9 Å². The lowest BCUT2D eigenvalue weighted by atomic mass is 9.93. The largest absolute Gasteiger partial charge is 0.391 e. The molecule has 1 heterocycles. The molecule has 1 saturated heterocycles. The van der Waals surface area contributed by atoms with Crippen molar-refractivity contribution in [3.63, 3.8) is 0 Å². The molecule has 2 unspecified atom stereocenters. The Balaban J connectivity index is 2.10. The normalized spacial score (nSPS) is 26.1. The number of benzene rings is 1. The molecule has 1 fully saturated rings. The Morgan fingerprint density at radius 2 is 2.24 bits per heavy atom. The van der Waals surface area contributed by atoms with E-state index in [1.54, 1.807) is 6.07 Å². The molecule has 0 aliphatic carbocycles. The summed E-state index contributed by atoms with van der Waals surface area (Å²) in [6.07, 6.45) is 2.50. The van der Waals surface area contributed by atoms with Crippen LogP contribution >= 0.6 is 35.0 Å². The van der Waals surface area contributed by atoms with E-state index in [9.17, 15) is 5.11 Å². The Morgan fingerprint density at radius 3 is 2.82 bits per heavy atom. The second-order valence-electron chi connectivity index (χ2n) is 4.72. The summed E-state index contributed by atoms with van der Waals surface area (Å²) in [5.41, 5.74) is 0.970. The number of hydrogen-bond donors (Lipinski definition) is 1. The van der Waals surface area contributed by atoms with Crippen LogP contribution in [0.5, 0.6) is 0 Å². The summed E-state index contributed by atoms with van der Waals surface area (Å²) in [7, 11) is 0. The lowest BCUT2D eigenvalue weighted by molar-refractivity contribution is 0.133. The summed E-state index contributed by atoms with van der Waals surface area (Å²) in [6.45, 7) is 2.14. The minimum absolute atomic E-state index is 0.0248. The molecule has 0 radical (unpaired) electrons. The lowest BCUT2D eigenvalue weighted by Crippen LogP contribution is -2.35. The molecule has 0 saturated carbocycles. The van der Waals surface area contributed by atoms with E-state index >= 15 is 0 Å². The predicted octanol–water partition coefficient (Wildman–Crippen LogP) is 4.18. The fraction of sp³-hybridized carbons (Fsp3) is 0.538. The van der Waals surface area contributed by atoms with Crippen LogP contribution < -0.4 is 0 Å². The lowest BCUT2D eigenvalue weighted by Gasteiger charge is -2.29. The summed E-state index contributed by atoms with van der Waals surface area (Å²) in [5, 5.41) is 11.6. The molecule has 94 valence electrons. The molecular weight excluding hydrogens is 275 g/mol. The van der Waals surface area contributed by atoms with Gasteiger partial charge in [0.2, 0.25) is 0 Å². The Morgan fingerprint density at radius 1 is 1.47 bits per heavy atom. The van der Waals surface area contributed by atoms with Crippen molar-refractivity contribution in [2.75, 3.05) is 5.75 Å². The quantitative estimate of drug-likeness (QED) is 0.901. The van der Waals surface area contributed by atoms with Crippen molar-refractivity contribution >= 4 is 35.0 Å². The number of rotatable bonds is 3. The van der Waals surface area contributed by atoms with Gasteiger partial charge in [0.25, 0.3) is 0 Å². The maximum atomic E-state index is 10.3. The van der Waals surface area contributed by atoms with Crippen LogP contribution in [-0.4, -0.2) is 21.7 Å². The summed E-state index contributed by atoms with van der Waals surface area (Å²) in [6, 6.07) is 5.45. The van der Waals surface area contributed by atoms with Gasteiger partial charge in [-0.3, -0.25) is 0 Å². The SMILES string of the molecule is CC1(C(O)Cc2ccc(Cl)cc2Cl)CCCS1. The van der Waals surface area contributed by atoms with E-state index in [0.717, 1.165) is 17.7 Å². The van der Waals surface area contributed by atoms with Gasteiger partial charge in [-0.15, -0.1) is 0 Å². The fourth-order valence-corrected chi connectivity index (χ4v) is 3.98. The molecular formula is C13H16Cl2OS. The van der Waals surface area contributed by atoms with Crippen molar-refractivity contribution in [3.8, 4) is 0 Å². The third-order valence-corrected chi connectivity index (χ3v) is 5.60. The Labute approximate surface area is 117 Å². The molecule has 1 aromatic carbocycles. The maximum Gasteiger partial charge on any atom is 0.0724 e. The number of thioether (sulfide) groups is 1.